The smallest absolute Gasteiger partial charge is 0.192 e. The second-order valence-electron chi connectivity index (χ2n) is 8.01. The van der Waals surface area contributed by atoms with Crippen molar-refractivity contribution in [1.82, 2.24) is 0 Å². The molecule has 0 bridgehead atoms. The lowest BCUT2D eigenvalue weighted by atomic mass is 9.90. The molecule has 0 aromatic rings. The highest BCUT2D eigenvalue weighted by molar-refractivity contribution is 6.74. The lowest BCUT2D eigenvalue weighted by molar-refractivity contribution is 0.0999. The minimum absolute atomic E-state index is 0.265. The molecule has 126 valence electrons. The van der Waals surface area contributed by atoms with Crippen LogP contribution in [0.25, 0.3) is 0 Å². The molecule has 2 atom stereocenters. The van der Waals surface area contributed by atoms with Crippen LogP contribution in [0.15, 0.2) is 12.2 Å². The normalized spacial score (nSPS) is 15.8. The van der Waals surface area contributed by atoms with Gasteiger partial charge in [-0.05, 0) is 63.2 Å². The van der Waals surface area contributed by atoms with Crippen molar-refractivity contribution in [2.45, 2.75) is 91.0 Å². The van der Waals surface area contributed by atoms with E-state index in [-0.39, 0.29) is 5.04 Å². The molecular formula is C18H39NOSi. The third kappa shape index (κ3) is 7.62. The van der Waals surface area contributed by atoms with Crippen LogP contribution in [0.1, 0.15) is 66.7 Å². The van der Waals surface area contributed by atoms with Crippen LogP contribution in [0, 0.1) is 5.92 Å². The van der Waals surface area contributed by atoms with Crippen LogP contribution in [0.2, 0.25) is 18.1 Å². The van der Waals surface area contributed by atoms with Crippen LogP contribution in [-0.4, -0.2) is 21.0 Å². The molecule has 3 heteroatoms. The van der Waals surface area contributed by atoms with E-state index in [2.05, 4.69) is 54.3 Å². The van der Waals surface area contributed by atoms with Crippen LogP contribution in [-0.2, 0) is 4.43 Å². The number of hydrogen-bond acceptors (Lipinski definition) is 2. The summed E-state index contributed by atoms with van der Waals surface area (Å²) in [6.45, 7) is 20.9. The Morgan fingerprint density at radius 1 is 1.24 bits per heavy atom. The average Bonchev–Trinajstić information content (AvgIpc) is 2.34. The maximum absolute atomic E-state index is 6.76. The minimum Gasteiger partial charge on any atom is -0.414 e. The molecule has 21 heavy (non-hydrogen) atoms. The zero-order valence-corrected chi connectivity index (χ0v) is 16.6. The van der Waals surface area contributed by atoms with Crippen LogP contribution < -0.4 is 5.73 Å². The molecule has 0 amide bonds. The number of hydrogen-bond donors (Lipinski definition) is 1. The van der Waals surface area contributed by atoms with Gasteiger partial charge >= 0.3 is 0 Å². The van der Waals surface area contributed by atoms with Gasteiger partial charge in [0.2, 0.25) is 0 Å². The van der Waals surface area contributed by atoms with Crippen LogP contribution in [0.5, 0.6) is 0 Å². The summed E-state index contributed by atoms with van der Waals surface area (Å²) in [6, 6.07) is 0. The van der Waals surface area contributed by atoms with E-state index in [0.717, 1.165) is 25.8 Å². The first-order valence-corrected chi connectivity index (χ1v) is 11.5. The molecule has 0 saturated heterocycles. The van der Waals surface area contributed by atoms with Crippen molar-refractivity contribution in [1.29, 1.82) is 0 Å². The van der Waals surface area contributed by atoms with Gasteiger partial charge in [-0.3, -0.25) is 0 Å². The van der Waals surface area contributed by atoms with Gasteiger partial charge in [0.15, 0.2) is 8.32 Å². The van der Waals surface area contributed by atoms with Gasteiger partial charge in [-0.15, -0.1) is 6.58 Å². The topological polar surface area (TPSA) is 35.2 Å². The Balaban J connectivity index is 4.98. The monoisotopic (exact) mass is 313 g/mol. The van der Waals surface area contributed by atoms with Gasteiger partial charge < -0.3 is 10.2 Å². The van der Waals surface area contributed by atoms with Gasteiger partial charge in [0.25, 0.3) is 0 Å². The average molecular weight is 314 g/mol. The standard InChI is InChI=1S/C18H39NOSi/c1-9-16(11-10-14-19)17(13-12-15(2)3)20-21(7,8)18(4,5)6/h16-17H,2,9-14,19H2,1,3-8H3/t16-,17+/m0/s1. The third-order valence-corrected chi connectivity index (χ3v) is 9.44. The molecular weight excluding hydrogens is 274 g/mol. The van der Waals surface area contributed by atoms with Crippen LogP contribution in [0.3, 0.4) is 0 Å². The summed E-state index contributed by atoms with van der Waals surface area (Å²) < 4.78 is 6.76. The third-order valence-electron chi connectivity index (χ3n) is 4.94. The summed E-state index contributed by atoms with van der Waals surface area (Å²) in [5.74, 6) is 0.627. The van der Waals surface area contributed by atoms with Gasteiger partial charge in [0.1, 0.15) is 0 Å². The van der Waals surface area contributed by atoms with Crippen molar-refractivity contribution in [3.8, 4) is 0 Å². The number of allylic oxidation sites excluding steroid dienone is 1. The molecule has 0 aromatic carbocycles. The molecule has 0 fully saturated rings. The largest absolute Gasteiger partial charge is 0.414 e. The number of nitrogens with two attached hydrogens (primary N) is 1. The summed E-state index contributed by atoms with van der Waals surface area (Å²) in [5.41, 5.74) is 6.96. The molecule has 0 saturated carbocycles. The molecule has 2 N–H and O–H groups in total. The summed E-state index contributed by atoms with van der Waals surface area (Å²) in [6.07, 6.45) is 5.99. The quantitative estimate of drug-likeness (QED) is 0.427. The van der Waals surface area contributed by atoms with Crippen LogP contribution >= 0.6 is 0 Å². The Labute approximate surface area is 134 Å². The molecule has 0 aliphatic heterocycles. The van der Waals surface area contributed by atoms with Crippen LogP contribution in [0.4, 0.5) is 0 Å². The fourth-order valence-electron chi connectivity index (χ4n) is 2.37. The lowest BCUT2D eigenvalue weighted by Crippen LogP contribution is -2.45. The second kappa shape index (κ2) is 9.11. The van der Waals surface area contributed by atoms with Crippen molar-refractivity contribution in [3.05, 3.63) is 12.2 Å². The summed E-state index contributed by atoms with van der Waals surface area (Å²) in [4.78, 5) is 0. The molecule has 2 nitrogen and oxygen atoms in total. The van der Waals surface area contributed by atoms with E-state index < -0.39 is 8.32 Å². The van der Waals surface area contributed by atoms with E-state index in [0.29, 0.717) is 12.0 Å². The van der Waals surface area contributed by atoms with Gasteiger partial charge in [0.05, 0.1) is 0 Å². The molecule has 0 aliphatic rings. The molecule has 0 unspecified atom stereocenters. The Morgan fingerprint density at radius 3 is 2.19 bits per heavy atom. The zero-order valence-electron chi connectivity index (χ0n) is 15.6. The van der Waals surface area contributed by atoms with E-state index in [1.165, 1.54) is 18.4 Å². The van der Waals surface area contributed by atoms with E-state index in [1.807, 2.05) is 0 Å². The predicted octanol–water partition coefficient (Wildman–Crippen LogP) is 5.50. The van der Waals surface area contributed by atoms with Crippen molar-refractivity contribution in [2.75, 3.05) is 6.54 Å². The Kier molecular flexibility index (Phi) is 9.06. The molecule has 0 rings (SSSR count). The van der Waals surface area contributed by atoms with Crippen molar-refractivity contribution < 1.29 is 4.43 Å². The molecule has 0 radical (unpaired) electrons. The fraction of sp³-hybridized carbons (Fsp3) is 0.889. The van der Waals surface area contributed by atoms with Crippen molar-refractivity contribution in [2.24, 2.45) is 11.7 Å². The van der Waals surface area contributed by atoms with E-state index >= 15 is 0 Å². The molecule has 0 aromatic heterocycles. The van der Waals surface area contributed by atoms with E-state index in [1.54, 1.807) is 0 Å². The van der Waals surface area contributed by atoms with Crippen molar-refractivity contribution in [3.63, 3.8) is 0 Å². The predicted molar refractivity (Wildman–Crippen MR) is 98.2 cm³/mol. The Bertz CT molecular complexity index is 307. The summed E-state index contributed by atoms with van der Waals surface area (Å²) in [7, 11) is -1.72. The first-order valence-electron chi connectivity index (χ1n) is 8.57. The summed E-state index contributed by atoms with van der Waals surface area (Å²) >= 11 is 0. The highest BCUT2D eigenvalue weighted by Crippen LogP contribution is 2.39. The molecule has 0 heterocycles. The number of rotatable bonds is 10. The van der Waals surface area contributed by atoms with E-state index in [9.17, 15) is 0 Å². The highest BCUT2D eigenvalue weighted by atomic mass is 28.4. The fourth-order valence-corrected chi connectivity index (χ4v) is 3.79. The molecule has 0 spiro atoms. The first-order chi connectivity index (χ1) is 9.55. The van der Waals surface area contributed by atoms with Gasteiger partial charge in [-0.2, -0.15) is 0 Å². The van der Waals surface area contributed by atoms with Crippen molar-refractivity contribution >= 4 is 8.32 Å². The van der Waals surface area contributed by atoms with Gasteiger partial charge in [0, 0.05) is 6.10 Å². The molecule has 0 aliphatic carbocycles. The SMILES string of the molecule is C=C(C)CC[C@@H](O[Si](C)(C)C(C)(C)C)[C@@H](CC)CCCN. The minimum atomic E-state index is -1.72. The lowest BCUT2D eigenvalue weighted by Gasteiger charge is -2.41. The maximum atomic E-state index is 6.76. The summed E-state index contributed by atoms with van der Waals surface area (Å²) in [5, 5.41) is 0.265. The van der Waals surface area contributed by atoms with Gasteiger partial charge in [-0.1, -0.05) is 39.7 Å². The Hall–Kier alpha value is -0.123. The second-order valence-corrected chi connectivity index (χ2v) is 12.8. The Morgan fingerprint density at radius 2 is 1.81 bits per heavy atom. The highest BCUT2D eigenvalue weighted by Gasteiger charge is 2.40. The van der Waals surface area contributed by atoms with E-state index in [4.69, 9.17) is 10.2 Å². The zero-order chi connectivity index (χ0) is 16.7. The first kappa shape index (κ1) is 20.9. The van der Waals surface area contributed by atoms with Gasteiger partial charge in [-0.25, -0.2) is 0 Å². The maximum Gasteiger partial charge on any atom is 0.192 e.